The summed E-state index contributed by atoms with van der Waals surface area (Å²) in [7, 11) is 0. The molecule has 3 heteroatoms. The molecule has 3 nitrogen and oxygen atoms in total. The first-order chi connectivity index (χ1) is 8.16. The lowest BCUT2D eigenvalue weighted by Crippen LogP contribution is -2.53. The molecule has 1 fully saturated rings. The molecule has 0 radical (unpaired) electrons. The summed E-state index contributed by atoms with van der Waals surface area (Å²) in [5.41, 5.74) is 1.18. The molecule has 0 unspecified atom stereocenters. The molecule has 94 valence electrons. The molecule has 2 heterocycles. The Morgan fingerprint density at radius 2 is 2.18 bits per heavy atom. The van der Waals surface area contributed by atoms with Crippen LogP contribution in [0.5, 0.6) is 0 Å². The van der Waals surface area contributed by atoms with Crippen molar-refractivity contribution in [1.82, 2.24) is 14.8 Å². The van der Waals surface area contributed by atoms with E-state index in [1.807, 2.05) is 12.3 Å². The van der Waals surface area contributed by atoms with Gasteiger partial charge in [0.15, 0.2) is 0 Å². The Balaban J connectivity index is 1.92. The van der Waals surface area contributed by atoms with Crippen LogP contribution < -0.4 is 0 Å². The monoisotopic (exact) mass is 233 g/mol. The topological polar surface area (TPSA) is 19.4 Å². The Morgan fingerprint density at radius 3 is 2.76 bits per heavy atom. The largest absolute Gasteiger partial charge is 0.298 e. The number of rotatable bonds is 3. The van der Waals surface area contributed by atoms with E-state index in [9.17, 15) is 0 Å². The second-order valence-corrected chi connectivity index (χ2v) is 5.23. The maximum absolute atomic E-state index is 4.41. The maximum atomic E-state index is 4.41. The van der Waals surface area contributed by atoms with E-state index in [0.29, 0.717) is 12.1 Å². The minimum Gasteiger partial charge on any atom is -0.298 e. The molecule has 0 spiro atoms. The minimum absolute atomic E-state index is 0.619. The lowest BCUT2D eigenvalue weighted by molar-refractivity contribution is 0.0589. The van der Waals surface area contributed by atoms with Crippen LogP contribution in [0.1, 0.15) is 26.5 Å². The van der Waals surface area contributed by atoms with Crippen molar-refractivity contribution in [2.45, 2.75) is 39.4 Å². The average molecular weight is 233 g/mol. The predicted octanol–water partition coefficient (Wildman–Crippen LogP) is 2.00. The van der Waals surface area contributed by atoms with Crippen LogP contribution in [0.3, 0.4) is 0 Å². The van der Waals surface area contributed by atoms with Crippen LogP contribution in [0.2, 0.25) is 0 Å². The molecule has 0 N–H and O–H groups in total. The van der Waals surface area contributed by atoms with Gasteiger partial charge in [-0.1, -0.05) is 6.07 Å². The summed E-state index contributed by atoms with van der Waals surface area (Å²) in [6.45, 7) is 11.4. The van der Waals surface area contributed by atoms with E-state index >= 15 is 0 Å². The number of hydrogen-bond donors (Lipinski definition) is 0. The third kappa shape index (κ3) is 3.27. The van der Waals surface area contributed by atoms with Crippen LogP contribution in [-0.4, -0.2) is 46.5 Å². The Labute approximate surface area is 104 Å². The number of pyridine rings is 1. The summed E-state index contributed by atoms with van der Waals surface area (Å²) in [5.74, 6) is 0. The third-order valence-electron chi connectivity index (χ3n) is 3.62. The fraction of sp³-hybridized carbons (Fsp3) is 0.643. The van der Waals surface area contributed by atoms with Crippen molar-refractivity contribution in [2.75, 3.05) is 19.6 Å². The normalized spacial score (nSPS) is 23.2. The van der Waals surface area contributed by atoms with E-state index in [4.69, 9.17) is 0 Å². The number of aromatic nitrogens is 1. The molecule has 0 amide bonds. The van der Waals surface area contributed by atoms with Crippen molar-refractivity contribution in [3.8, 4) is 0 Å². The lowest BCUT2D eigenvalue weighted by atomic mass is 10.1. The molecule has 1 aromatic heterocycles. The first-order valence-corrected chi connectivity index (χ1v) is 6.55. The van der Waals surface area contributed by atoms with Gasteiger partial charge in [0.05, 0.1) is 5.69 Å². The van der Waals surface area contributed by atoms with Crippen LogP contribution in [0.4, 0.5) is 0 Å². The Morgan fingerprint density at radius 1 is 1.35 bits per heavy atom. The van der Waals surface area contributed by atoms with Gasteiger partial charge in [0.1, 0.15) is 0 Å². The van der Waals surface area contributed by atoms with Gasteiger partial charge in [0.2, 0.25) is 0 Å². The molecule has 1 atom stereocenters. The molecule has 0 saturated carbocycles. The summed E-state index contributed by atoms with van der Waals surface area (Å²) in [4.78, 5) is 9.49. The Kier molecular flexibility index (Phi) is 4.13. The van der Waals surface area contributed by atoms with Crippen LogP contribution in [0.25, 0.3) is 0 Å². The van der Waals surface area contributed by atoms with Gasteiger partial charge in [0, 0.05) is 44.5 Å². The molecule has 2 rings (SSSR count). The minimum atomic E-state index is 0.619. The predicted molar refractivity (Wildman–Crippen MR) is 70.8 cm³/mol. The zero-order valence-corrected chi connectivity index (χ0v) is 11.1. The van der Waals surface area contributed by atoms with Crippen LogP contribution >= 0.6 is 0 Å². The van der Waals surface area contributed by atoms with Gasteiger partial charge in [-0.15, -0.1) is 0 Å². The van der Waals surface area contributed by atoms with E-state index in [-0.39, 0.29) is 0 Å². The number of hydrogen-bond acceptors (Lipinski definition) is 3. The zero-order chi connectivity index (χ0) is 12.3. The standard InChI is InChI=1S/C14H23N3/c1-12(2)16-8-9-17(13(3)10-16)11-14-6-4-5-7-15-14/h4-7,12-13H,8-11H2,1-3H3/t13-/m0/s1. The van der Waals surface area contributed by atoms with Gasteiger partial charge in [-0.2, -0.15) is 0 Å². The SMILES string of the molecule is CC(C)N1CCN(Cc2ccccn2)[C@@H](C)C1. The molecule has 1 aliphatic rings. The van der Waals surface area contributed by atoms with Crippen LogP contribution in [0.15, 0.2) is 24.4 Å². The third-order valence-corrected chi connectivity index (χ3v) is 3.62. The maximum Gasteiger partial charge on any atom is 0.0544 e. The fourth-order valence-corrected chi connectivity index (χ4v) is 2.43. The lowest BCUT2D eigenvalue weighted by Gasteiger charge is -2.41. The van der Waals surface area contributed by atoms with Crippen molar-refractivity contribution >= 4 is 0 Å². The van der Waals surface area contributed by atoms with Gasteiger partial charge in [-0.25, -0.2) is 0 Å². The number of nitrogens with zero attached hydrogens (tertiary/aromatic N) is 3. The molecule has 0 bridgehead atoms. The van der Waals surface area contributed by atoms with Gasteiger partial charge in [0.25, 0.3) is 0 Å². The van der Waals surface area contributed by atoms with E-state index in [2.05, 4.69) is 47.7 Å². The Hall–Kier alpha value is -0.930. The summed E-state index contributed by atoms with van der Waals surface area (Å²) in [5, 5.41) is 0. The van der Waals surface area contributed by atoms with Crippen molar-refractivity contribution in [2.24, 2.45) is 0 Å². The molecular weight excluding hydrogens is 210 g/mol. The van der Waals surface area contributed by atoms with E-state index in [1.54, 1.807) is 0 Å². The first-order valence-electron chi connectivity index (χ1n) is 6.55. The van der Waals surface area contributed by atoms with Crippen molar-refractivity contribution < 1.29 is 0 Å². The zero-order valence-electron chi connectivity index (χ0n) is 11.1. The highest BCUT2D eigenvalue weighted by molar-refractivity contribution is 5.03. The van der Waals surface area contributed by atoms with E-state index in [0.717, 1.165) is 13.1 Å². The van der Waals surface area contributed by atoms with Crippen LogP contribution in [0, 0.1) is 0 Å². The highest BCUT2D eigenvalue weighted by Crippen LogP contribution is 2.14. The van der Waals surface area contributed by atoms with Crippen molar-refractivity contribution in [1.29, 1.82) is 0 Å². The molecule has 1 saturated heterocycles. The highest BCUT2D eigenvalue weighted by atomic mass is 15.3. The summed E-state index contributed by atoms with van der Waals surface area (Å²) in [6, 6.07) is 7.44. The highest BCUT2D eigenvalue weighted by Gasteiger charge is 2.24. The van der Waals surface area contributed by atoms with Gasteiger partial charge in [-0.3, -0.25) is 14.8 Å². The summed E-state index contributed by atoms with van der Waals surface area (Å²) < 4.78 is 0. The molecule has 1 aliphatic heterocycles. The molecule has 0 aliphatic carbocycles. The van der Waals surface area contributed by atoms with Crippen molar-refractivity contribution in [3.63, 3.8) is 0 Å². The average Bonchev–Trinajstić information content (AvgIpc) is 2.33. The first kappa shape index (κ1) is 12.5. The van der Waals surface area contributed by atoms with Gasteiger partial charge < -0.3 is 0 Å². The second kappa shape index (κ2) is 5.61. The summed E-state index contributed by atoms with van der Waals surface area (Å²) in [6.07, 6.45) is 1.88. The summed E-state index contributed by atoms with van der Waals surface area (Å²) >= 11 is 0. The van der Waals surface area contributed by atoms with E-state index < -0.39 is 0 Å². The van der Waals surface area contributed by atoms with Gasteiger partial charge in [-0.05, 0) is 32.9 Å². The van der Waals surface area contributed by atoms with Crippen molar-refractivity contribution in [3.05, 3.63) is 30.1 Å². The smallest absolute Gasteiger partial charge is 0.0544 e. The molecule has 17 heavy (non-hydrogen) atoms. The molecular formula is C14H23N3. The molecule has 1 aromatic rings. The quantitative estimate of drug-likeness (QED) is 0.796. The number of piperazine rings is 1. The second-order valence-electron chi connectivity index (χ2n) is 5.23. The van der Waals surface area contributed by atoms with Crippen LogP contribution in [-0.2, 0) is 6.54 Å². The van der Waals surface area contributed by atoms with E-state index in [1.165, 1.54) is 18.8 Å². The molecule has 0 aromatic carbocycles. The Bertz CT molecular complexity index is 337. The van der Waals surface area contributed by atoms with Gasteiger partial charge >= 0.3 is 0 Å². The fourth-order valence-electron chi connectivity index (χ4n) is 2.43.